The van der Waals surface area contributed by atoms with Gasteiger partial charge in [0.05, 0.1) is 23.8 Å². The third kappa shape index (κ3) is 2.64. The molecule has 4 rings (SSSR count). The molecule has 3 aromatic rings. The molecule has 0 fully saturated rings. The van der Waals surface area contributed by atoms with Gasteiger partial charge in [-0.2, -0.15) is 0 Å². The Kier molecular flexibility index (Phi) is 3.42. The van der Waals surface area contributed by atoms with E-state index >= 15 is 0 Å². The van der Waals surface area contributed by atoms with Crippen LogP contribution in [0.4, 0.5) is 0 Å². The molecule has 1 aliphatic heterocycles. The lowest BCUT2D eigenvalue weighted by Crippen LogP contribution is -2.22. The van der Waals surface area contributed by atoms with Crippen LogP contribution in [0.15, 0.2) is 47.5 Å². The molecule has 0 amide bonds. The Labute approximate surface area is 137 Å². The second kappa shape index (κ2) is 5.59. The molecular weight excluding hydrogens is 316 g/mol. The first-order valence-electron chi connectivity index (χ1n) is 7.24. The van der Waals surface area contributed by atoms with E-state index in [2.05, 4.69) is 4.98 Å². The Hall–Kier alpha value is -2.53. The Morgan fingerprint density at radius 1 is 1.09 bits per heavy atom. The van der Waals surface area contributed by atoms with Crippen LogP contribution in [-0.2, 0) is 6.54 Å². The number of hydrogen-bond acceptors (Lipinski definition) is 4. The third-order valence-corrected chi connectivity index (χ3v) is 4.01. The predicted molar refractivity (Wildman–Crippen MR) is 87.5 cm³/mol. The second-order valence-corrected chi connectivity index (χ2v) is 5.75. The lowest BCUT2D eigenvalue weighted by Gasteiger charge is -2.18. The fourth-order valence-electron chi connectivity index (χ4n) is 2.59. The molecule has 1 aliphatic rings. The molecule has 0 atom stereocenters. The van der Waals surface area contributed by atoms with E-state index < -0.39 is 0 Å². The van der Waals surface area contributed by atoms with Crippen molar-refractivity contribution in [3.63, 3.8) is 0 Å². The average Bonchev–Trinajstić information content (AvgIpc) is 2.58. The molecule has 0 unspecified atom stereocenters. The number of nitrogens with zero attached hydrogens (tertiary/aromatic N) is 2. The van der Waals surface area contributed by atoms with Gasteiger partial charge in [-0.1, -0.05) is 23.7 Å². The standard InChI is InChI=1S/C17H13ClN2O3/c18-12-3-1-11(2-4-12)9-20-10-19-14-8-16-15(22-5-6-23-16)7-13(14)17(20)21/h1-4,7-8,10H,5-6,9H2. The van der Waals surface area contributed by atoms with Gasteiger partial charge in [0.25, 0.3) is 5.56 Å². The molecule has 0 spiro atoms. The van der Waals surface area contributed by atoms with E-state index in [1.54, 1.807) is 35.2 Å². The summed E-state index contributed by atoms with van der Waals surface area (Å²) in [6.45, 7) is 1.43. The van der Waals surface area contributed by atoms with Gasteiger partial charge in [0.1, 0.15) is 13.2 Å². The molecule has 0 aliphatic carbocycles. The molecule has 2 aromatic carbocycles. The van der Waals surface area contributed by atoms with Crippen LogP contribution in [0.5, 0.6) is 11.5 Å². The maximum atomic E-state index is 12.7. The molecule has 5 nitrogen and oxygen atoms in total. The van der Waals surface area contributed by atoms with Crippen molar-refractivity contribution in [3.8, 4) is 11.5 Å². The zero-order chi connectivity index (χ0) is 15.8. The normalized spacial score (nSPS) is 13.3. The number of rotatable bonds is 2. The van der Waals surface area contributed by atoms with Gasteiger partial charge in [-0.3, -0.25) is 9.36 Å². The second-order valence-electron chi connectivity index (χ2n) is 5.32. The highest BCUT2D eigenvalue weighted by Crippen LogP contribution is 2.32. The van der Waals surface area contributed by atoms with E-state index in [1.165, 1.54) is 0 Å². The van der Waals surface area contributed by atoms with Crippen molar-refractivity contribution in [2.24, 2.45) is 0 Å². The summed E-state index contributed by atoms with van der Waals surface area (Å²) in [5.41, 5.74) is 1.48. The Morgan fingerprint density at radius 2 is 1.78 bits per heavy atom. The number of benzene rings is 2. The molecule has 2 heterocycles. The third-order valence-electron chi connectivity index (χ3n) is 3.75. The summed E-state index contributed by atoms with van der Waals surface area (Å²) < 4.78 is 12.6. The van der Waals surface area contributed by atoms with Crippen molar-refractivity contribution in [1.82, 2.24) is 9.55 Å². The summed E-state index contributed by atoms with van der Waals surface area (Å²) in [6, 6.07) is 10.8. The molecule has 6 heteroatoms. The van der Waals surface area contributed by atoms with Gasteiger partial charge in [-0.25, -0.2) is 4.98 Å². The summed E-state index contributed by atoms with van der Waals surface area (Å²) in [7, 11) is 0. The Morgan fingerprint density at radius 3 is 2.52 bits per heavy atom. The molecule has 0 N–H and O–H groups in total. The zero-order valence-corrected chi connectivity index (χ0v) is 12.9. The highest BCUT2D eigenvalue weighted by Gasteiger charge is 2.15. The van der Waals surface area contributed by atoms with E-state index in [0.717, 1.165) is 5.56 Å². The topological polar surface area (TPSA) is 53.4 Å². The van der Waals surface area contributed by atoms with E-state index in [-0.39, 0.29) is 5.56 Å². The summed E-state index contributed by atoms with van der Waals surface area (Å²) in [4.78, 5) is 17.1. The minimum Gasteiger partial charge on any atom is -0.486 e. The lowest BCUT2D eigenvalue weighted by atomic mass is 10.2. The van der Waals surface area contributed by atoms with Crippen LogP contribution in [0.3, 0.4) is 0 Å². The summed E-state index contributed by atoms with van der Waals surface area (Å²) in [5.74, 6) is 1.22. The maximum absolute atomic E-state index is 12.7. The van der Waals surface area contributed by atoms with E-state index in [4.69, 9.17) is 21.1 Å². The SMILES string of the molecule is O=c1c2cc3c(cc2ncn1Cc1ccc(Cl)cc1)OCCO3. The van der Waals surface area contributed by atoms with Gasteiger partial charge in [0, 0.05) is 11.1 Å². The van der Waals surface area contributed by atoms with E-state index in [1.807, 2.05) is 12.1 Å². The summed E-state index contributed by atoms with van der Waals surface area (Å²) >= 11 is 5.88. The van der Waals surface area contributed by atoms with Crippen LogP contribution in [0.25, 0.3) is 10.9 Å². The minimum absolute atomic E-state index is 0.109. The van der Waals surface area contributed by atoms with Crippen LogP contribution in [0.1, 0.15) is 5.56 Å². The van der Waals surface area contributed by atoms with Crippen molar-refractivity contribution >= 4 is 22.5 Å². The largest absolute Gasteiger partial charge is 0.486 e. The molecule has 0 radical (unpaired) electrons. The molecule has 0 saturated heterocycles. The number of aromatic nitrogens is 2. The predicted octanol–water partition coefficient (Wildman–Crippen LogP) is 2.87. The van der Waals surface area contributed by atoms with Gasteiger partial charge >= 0.3 is 0 Å². The summed E-state index contributed by atoms with van der Waals surface area (Å²) in [6.07, 6.45) is 1.55. The molecule has 116 valence electrons. The fraction of sp³-hybridized carbons (Fsp3) is 0.176. The molecule has 23 heavy (non-hydrogen) atoms. The monoisotopic (exact) mass is 328 g/mol. The summed E-state index contributed by atoms with van der Waals surface area (Å²) in [5, 5.41) is 1.19. The van der Waals surface area contributed by atoms with Gasteiger partial charge in [0.15, 0.2) is 11.5 Å². The van der Waals surface area contributed by atoms with Crippen LogP contribution in [0, 0.1) is 0 Å². The van der Waals surface area contributed by atoms with Crippen molar-refractivity contribution < 1.29 is 9.47 Å². The van der Waals surface area contributed by atoms with Gasteiger partial charge in [0.2, 0.25) is 0 Å². The van der Waals surface area contributed by atoms with Crippen molar-refractivity contribution in [2.45, 2.75) is 6.54 Å². The van der Waals surface area contributed by atoms with Crippen LogP contribution in [-0.4, -0.2) is 22.8 Å². The smallest absolute Gasteiger partial charge is 0.261 e. The first-order chi connectivity index (χ1) is 11.2. The highest BCUT2D eigenvalue weighted by atomic mass is 35.5. The van der Waals surface area contributed by atoms with Crippen molar-refractivity contribution in [2.75, 3.05) is 13.2 Å². The maximum Gasteiger partial charge on any atom is 0.261 e. The lowest BCUT2D eigenvalue weighted by molar-refractivity contribution is 0.172. The first-order valence-corrected chi connectivity index (χ1v) is 7.62. The van der Waals surface area contributed by atoms with Crippen LogP contribution < -0.4 is 15.0 Å². The van der Waals surface area contributed by atoms with E-state index in [0.29, 0.717) is 47.2 Å². The molecular formula is C17H13ClN2O3. The highest BCUT2D eigenvalue weighted by molar-refractivity contribution is 6.30. The first kappa shape index (κ1) is 14.1. The number of halogens is 1. The number of hydrogen-bond donors (Lipinski definition) is 0. The molecule has 0 saturated carbocycles. The molecule has 0 bridgehead atoms. The number of fused-ring (bicyclic) bond motifs is 2. The Balaban J connectivity index is 1.78. The molecule has 1 aromatic heterocycles. The average molecular weight is 329 g/mol. The van der Waals surface area contributed by atoms with Crippen molar-refractivity contribution in [1.29, 1.82) is 0 Å². The fourth-order valence-corrected chi connectivity index (χ4v) is 2.72. The van der Waals surface area contributed by atoms with Gasteiger partial charge in [-0.15, -0.1) is 0 Å². The zero-order valence-electron chi connectivity index (χ0n) is 12.2. The quantitative estimate of drug-likeness (QED) is 0.726. The number of ether oxygens (including phenoxy) is 2. The Bertz CT molecular complexity index is 935. The minimum atomic E-state index is -0.109. The van der Waals surface area contributed by atoms with Gasteiger partial charge in [-0.05, 0) is 23.8 Å². The van der Waals surface area contributed by atoms with Crippen LogP contribution in [0.2, 0.25) is 5.02 Å². The van der Waals surface area contributed by atoms with E-state index in [9.17, 15) is 4.79 Å². The van der Waals surface area contributed by atoms with Gasteiger partial charge < -0.3 is 9.47 Å². The van der Waals surface area contributed by atoms with Crippen LogP contribution >= 0.6 is 11.6 Å². The van der Waals surface area contributed by atoms with Crippen molar-refractivity contribution in [3.05, 3.63) is 63.7 Å².